The topological polar surface area (TPSA) is 55.1 Å². The van der Waals surface area contributed by atoms with Crippen LogP contribution in [0, 0.1) is 6.92 Å². The third-order valence-corrected chi connectivity index (χ3v) is 1.96. The second kappa shape index (κ2) is 3.96. The molecule has 1 aromatic heterocycles. The van der Waals surface area contributed by atoms with Crippen LogP contribution in [0.3, 0.4) is 0 Å². The minimum absolute atomic E-state index is 0.0661. The lowest BCUT2D eigenvalue weighted by Gasteiger charge is -2.19. The molecule has 4 nitrogen and oxygen atoms in total. The van der Waals surface area contributed by atoms with Gasteiger partial charge in [0.1, 0.15) is 0 Å². The maximum Gasteiger partial charge on any atom is 0.290 e. The highest BCUT2D eigenvalue weighted by molar-refractivity contribution is 5.91. The Morgan fingerprint density at radius 1 is 1.67 bits per heavy atom. The first-order chi connectivity index (χ1) is 6.80. The minimum atomic E-state index is -2.97. The number of nitrogens with one attached hydrogen (secondary N) is 1. The molecule has 0 saturated carbocycles. The number of hydrogen-bond acceptors (Lipinski definition) is 3. The molecule has 0 saturated heterocycles. The number of aryl methyl sites for hydroxylation is 1. The Morgan fingerprint density at radius 2 is 2.27 bits per heavy atom. The molecule has 1 rings (SSSR count). The van der Waals surface area contributed by atoms with Crippen molar-refractivity contribution in [2.45, 2.75) is 32.7 Å². The number of halogens is 2. The number of alkyl halides is 2. The van der Waals surface area contributed by atoms with Gasteiger partial charge < -0.3 is 9.84 Å². The van der Waals surface area contributed by atoms with Gasteiger partial charge in [0.05, 0.1) is 11.7 Å². The molecule has 84 valence electrons. The summed E-state index contributed by atoms with van der Waals surface area (Å²) in [4.78, 5) is 11.3. The predicted molar refractivity (Wildman–Crippen MR) is 48.8 cm³/mol. The largest absolute Gasteiger partial charge is 0.351 e. The maximum atomic E-state index is 12.7. The molecule has 1 N–H and O–H groups in total. The zero-order chi connectivity index (χ0) is 11.6. The van der Waals surface area contributed by atoms with E-state index in [0.29, 0.717) is 5.69 Å². The second-order valence-electron chi connectivity index (χ2n) is 3.48. The quantitative estimate of drug-likeness (QED) is 0.840. The summed E-state index contributed by atoms with van der Waals surface area (Å²) in [6.07, 6.45) is 0. The van der Waals surface area contributed by atoms with E-state index in [0.717, 1.165) is 6.92 Å². The highest BCUT2D eigenvalue weighted by Crippen LogP contribution is 2.17. The van der Waals surface area contributed by atoms with Crippen molar-refractivity contribution in [3.05, 3.63) is 17.5 Å². The first-order valence-electron chi connectivity index (χ1n) is 4.42. The number of aromatic nitrogens is 1. The standard InChI is InChI=1S/C9H12F2N2O2/c1-5-4-7(15-13-5)8(14)12-6(2)9(3,10)11/h4,6H,1-3H3,(H,12,14)/t6-/m0/s1. The van der Waals surface area contributed by atoms with Gasteiger partial charge in [-0.1, -0.05) is 5.16 Å². The highest BCUT2D eigenvalue weighted by Gasteiger charge is 2.32. The Labute approximate surface area is 85.6 Å². The second-order valence-corrected chi connectivity index (χ2v) is 3.48. The summed E-state index contributed by atoms with van der Waals surface area (Å²) in [5, 5.41) is 5.61. The van der Waals surface area contributed by atoms with Crippen LogP contribution in [-0.2, 0) is 0 Å². The van der Waals surface area contributed by atoms with Gasteiger partial charge in [-0.15, -0.1) is 0 Å². The zero-order valence-corrected chi connectivity index (χ0v) is 8.67. The van der Waals surface area contributed by atoms with E-state index in [1.54, 1.807) is 6.92 Å². The Balaban J connectivity index is 2.64. The fourth-order valence-electron chi connectivity index (χ4n) is 0.865. The first kappa shape index (κ1) is 11.6. The van der Waals surface area contributed by atoms with E-state index in [-0.39, 0.29) is 5.76 Å². The van der Waals surface area contributed by atoms with Crippen LogP contribution in [0.15, 0.2) is 10.6 Å². The van der Waals surface area contributed by atoms with E-state index < -0.39 is 17.9 Å². The molecule has 0 bridgehead atoms. The third-order valence-electron chi connectivity index (χ3n) is 1.96. The average Bonchev–Trinajstić information content (AvgIpc) is 2.50. The zero-order valence-electron chi connectivity index (χ0n) is 8.67. The fraction of sp³-hybridized carbons (Fsp3) is 0.556. The van der Waals surface area contributed by atoms with Crippen LogP contribution < -0.4 is 5.32 Å². The molecular formula is C9H12F2N2O2. The van der Waals surface area contributed by atoms with E-state index in [1.807, 2.05) is 0 Å². The van der Waals surface area contributed by atoms with Gasteiger partial charge in [0.2, 0.25) is 5.76 Å². The van der Waals surface area contributed by atoms with E-state index >= 15 is 0 Å². The molecule has 0 aliphatic heterocycles. The number of nitrogens with zero attached hydrogens (tertiary/aromatic N) is 1. The smallest absolute Gasteiger partial charge is 0.290 e. The molecule has 15 heavy (non-hydrogen) atoms. The Bertz CT molecular complexity index is 357. The SMILES string of the molecule is Cc1cc(C(=O)N[C@@H](C)C(C)(F)F)on1. The van der Waals surface area contributed by atoms with E-state index in [2.05, 4.69) is 15.0 Å². The molecule has 0 aliphatic rings. The number of amides is 1. The first-order valence-corrected chi connectivity index (χ1v) is 4.42. The lowest BCUT2D eigenvalue weighted by Crippen LogP contribution is -2.43. The molecule has 0 aliphatic carbocycles. The van der Waals surface area contributed by atoms with Crippen LogP contribution in [0.5, 0.6) is 0 Å². The Hall–Kier alpha value is -1.46. The molecule has 1 atom stereocenters. The lowest BCUT2D eigenvalue weighted by molar-refractivity contribution is -0.0112. The van der Waals surface area contributed by atoms with Crippen LogP contribution in [0.25, 0.3) is 0 Å². The lowest BCUT2D eigenvalue weighted by atomic mass is 10.2. The van der Waals surface area contributed by atoms with Crippen molar-refractivity contribution in [1.82, 2.24) is 10.5 Å². The summed E-state index contributed by atoms with van der Waals surface area (Å²) in [5.41, 5.74) is 0.524. The van der Waals surface area contributed by atoms with Crippen molar-refractivity contribution < 1.29 is 18.1 Å². The molecule has 0 spiro atoms. The number of rotatable bonds is 3. The predicted octanol–water partition coefficient (Wildman–Crippen LogP) is 1.76. The molecule has 1 heterocycles. The van der Waals surface area contributed by atoms with Crippen molar-refractivity contribution in [3.63, 3.8) is 0 Å². The summed E-state index contributed by atoms with van der Waals surface area (Å²) in [6.45, 7) is 3.60. The van der Waals surface area contributed by atoms with E-state index in [1.165, 1.54) is 13.0 Å². The molecule has 1 aromatic rings. The highest BCUT2D eigenvalue weighted by atomic mass is 19.3. The van der Waals surface area contributed by atoms with Gasteiger partial charge in [-0.25, -0.2) is 8.78 Å². The Kier molecular flexibility index (Phi) is 3.06. The van der Waals surface area contributed by atoms with Crippen molar-refractivity contribution in [3.8, 4) is 0 Å². The molecule has 0 unspecified atom stereocenters. The summed E-state index contributed by atoms with van der Waals surface area (Å²) in [5.74, 6) is -3.72. The Morgan fingerprint density at radius 3 is 2.67 bits per heavy atom. The number of hydrogen-bond donors (Lipinski definition) is 1. The summed E-state index contributed by atoms with van der Waals surface area (Å²) < 4.78 is 30.1. The molecule has 0 radical (unpaired) electrons. The normalized spacial score (nSPS) is 13.7. The molecule has 1 amide bonds. The summed E-state index contributed by atoms with van der Waals surface area (Å²) in [6, 6.07) is 0.131. The van der Waals surface area contributed by atoms with Gasteiger partial charge in [-0.05, 0) is 13.8 Å². The molecular weight excluding hydrogens is 206 g/mol. The van der Waals surface area contributed by atoms with Gasteiger partial charge in [0.15, 0.2) is 0 Å². The average molecular weight is 218 g/mol. The monoisotopic (exact) mass is 218 g/mol. The van der Waals surface area contributed by atoms with Crippen LogP contribution in [-0.4, -0.2) is 23.0 Å². The molecule has 0 fully saturated rings. The fourth-order valence-corrected chi connectivity index (χ4v) is 0.865. The molecule has 6 heteroatoms. The van der Waals surface area contributed by atoms with Crippen LogP contribution in [0.2, 0.25) is 0 Å². The number of carbonyl (C=O) groups is 1. The van der Waals surface area contributed by atoms with Crippen LogP contribution in [0.4, 0.5) is 8.78 Å². The van der Waals surface area contributed by atoms with Crippen molar-refractivity contribution in [2.75, 3.05) is 0 Å². The number of carbonyl (C=O) groups excluding carboxylic acids is 1. The van der Waals surface area contributed by atoms with Gasteiger partial charge in [0.25, 0.3) is 11.8 Å². The van der Waals surface area contributed by atoms with Crippen molar-refractivity contribution in [1.29, 1.82) is 0 Å². The molecule has 0 aromatic carbocycles. The van der Waals surface area contributed by atoms with Crippen molar-refractivity contribution >= 4 is 5.91 Å². The van der Waals surface area contributed by atoms with E-state index in [4.69, 9.17) is 0 Å². The summed E-state index contributed by atoms with van der Waals surface area (Å²) in [7, 11) is 0. The van der Waals surface area contributed by atoms with Crippen LogP contribution in [0.1, 0.15) is 30.1 Å². The summed E-state index contributed by atoms with van der Waals surface area (Å²) >= 11 is 0. The van der Waals surface area contributed by atoms with E-state index in [9.17, 15) is 13.6 Å². The van der Waals surface area contributed by atoms with Gasteiger partial charge in [-0.2, -0.15) is 0 Å². The maximum absolute atomic E-state index is 12.7. The van der Waals surface area contributed by atoms with Crippen molar-refractivity contribution in [2.24, 2.45) is 0 Å². The van der Waals surface area contributed by atoms with Gasteiger partial charge in [0, 0.05) is 13.0 Å². The third kappa shape index (κ3) is 3.00. The van der Waals surface area contributed by atoms with Gasteiger partial charge in [-0.3, -0.25) is 4.79 Å². The minimum Gasteiger partial charge on any atom is -0.351 e. The van der Waals surface area contributed by atoms with Gasteiger partial charge >= 0.3 is 0 Å². The van der Waals surface area contributed by atoms with Crippen LogP contribution >= 0.6 is 0 Å².